The van der Waals surface area contributed by atoms with Crippen molar-refractivity contribution < 1.29 is 0 Å². The summed E-state index contributed by atoms with van der Waals surface area (Å²) in [4.78, 5) is 5.36. The highest BCUT2D eigenvalue weighted by Crippen LogP contribution is 2.20. The molecule has 2 nitrogen and oxygen atoms in total. The Bertz CT molecular complexity index is 441. The molecule has 0 amide bonds. The monoisotopic (exact) mass is 252 g/mol. The van der Waals surface area contributed by atoms with E-state index in [9.17, 15) is 0 Å². The minimum atomic E-state index is 0.301. The van der Waals surface area contributed by atoms with Gasteiger partial charge < -0.3 is 5.32 Å². The largest absolute Gasteiger partial charge is 0.305 e. The van der Waals surface area contributed by atoms with Gasteiger partial charge in [0.15, 0.2) is 0 Å². The quantitative estimate of drug-likeness (QED) is 0.899. The summed E-state index contributed by atoms with van der Waals surface area (Å²) < 4.78 is 0. The first-order valence-electron chi connectivity index (χ1n) is 5.12. The number of thiophene rings is 1. The van der Waals surface area contributed by atoms with Gasteiger partial charge in [0.2, 0.25) is 0 Å². The summed E-state index contributed by atoms with van der Waals surface area (Å²) >= 11 is 7.54. The molecule has 0 radical (unpaired) electrons. The molecular formula is C12H13ClN2S. The molecule has 2 aromatic rings. The van der Waals surface area contributed by atoms with Gasteiger partial charge in [-0.1, -0.05) is 17.7 Å². The molecule has 0 aromatic carbocycles. The zero-order valence-electron chi connectivity index (χ0n) is 8.98. The van der Waals surface area contributed by atoms with Crippen molar-refractivity contribution in [2.45, 2.75) is 19.5 Å². The lowest BCUT2D eigenvalue weighted by Gasteiger charge is -2.12. The molecule has 0 saturated carbocycles. The van der Waals surface area contributed by atoms with E-state index in [1.54, 1.807) is 17.5 Å². The van der Waals surface area contributed by atoms with Crippen LogP contribution in [-0.4, -0.2) is 4.98 Å². The Balaban J connectivity index is 1.91. The third-order valence-corrected chi connectivity index (χ3v) is 3.67. The molecule has 16 heavy (non-hydrogen) atoms. The molecule has 0 unspecified atom stereocenters. The molecule has 2 heterocycles. The zero-order chi connectivity index (χ0) is 11.4. The number of pyridine rings is 1. The molecule has 4 heteroatoms. The standard InChI is InChI=1S/C12H13ClN2S/c1-9(10-3-2-4-14-6-10)15-7-12-5-11(13)8-16-12/h2-6,8-9,15H,7H2,1H3/t9-/m0/s1. The molecule has 0 spiro atoms. The van der Waals surface area contributed by atoms with Gasteiger partial charge in [-0.25, -0.2) is 0 Å². The van der Waals surface area contributed by atoms with Crippen LogP contribution in [0.25, 0.3) is 0 Å². The predicted molar refractivity (Wildman–Crippen MR) is 68.8 cm³/mol. The number of rotatable bonds is 4. The van der Waals surface area contributed by atoms with Gasteiger partial charge >= 0.3 is 0 Å². The first kappa shape index (κ1) is 11.6. The SMILES string of the molecule is C[C@H](NCc1cc(Cl)cs1)c1cccnc1. The van der Waals surface area contributed by atoms with Crippen molar-refractivity contribution in [3.05, 3.63) is 51.4 Å². The maximum Gasteiger partial charge on any atom is 0.0516 e. The second-order valence-corrected chi connectivity index (χ2v) is 5.05. The van der Waals surface area contributed by atoms with Crippen molar-refractivity contribution in [3.63, 3.8) is 0 Å². The number of halogens is 1. The van der Waals surface area contributed by atoms with Crippen molar-refractivity contribution in [1.29, 1.82) is 0 Å². The van der Waals surface area contributed by atoms with Gasteiger partial charge in [-0.05, 0) is 24.6 Å². The minimum absolute atomic E-state index is 0.301. The zero-order valence-corrected chi connectivity index (χ0v) is 10.6. The second-order valence-electron chi connectivity index (χ2n) is 3.62. The van der Waals surface area contributed by atoms with Gasteiger partial charge in [0.05, 0.1) is 5.02 Å². The van der Waals surface area contributed by atoms with Gasteiger partial charge in [0, 0.05) is 35.2 Å². The summed E-state index contributed by atoms with van der Waals surface area (Å²) in [5, 5.41) is 6.21. The van der Waals surface area contributed by atoms with Crippen LogP contribution < -0.4 is 5.32 Å². The summed E-state index contributed by atoms with van der Waals surface area (Å²) in [6, 6.07) is 6.33. The third-order valence-electron chi connectivity index (χ3n) is 2.39. The highest BCUT2D eigenvalue weighted by atomic mass is 35.5. The smallest absolute Gasteiger partial charge is 0.0516 e. The molecule has 0 saturated heterocycles. The summed E-state index contributed by atoms with van der Waals surface area (Å²) in [6.45, 7) is 2.97. The van der Waals surface area contributed by atoms with Crippen LogP contribution >= 0.6 is 22.9 Å². The molecule has 1 atom stereocenters. The number of nitrogens with zero attached hydrogens (tertiary/aromatic N) is 1. The van der Waals surface area contributed by atoms with Gasteiger partial charge in [0.25, 0.3) is 0 Å². The van der Waals surface area contributed by atoms with Crippen LogP contribution in [0.1, 0.15) is 23.4 Å². The van der Waals surface area contributed by atoms with Crippen molar-refractivity contribution in [3.8, 4) is 0 Å². The van der Waals surface area contributed by atoms with Crippen LogP contribution in [0.5, 0.6) is 0 Å². The molecule has 2 rings (SSSR count). The third kappa shape index (κ3) is 3.04. The van der Waals surface area contributed by atoms with Crippen molar-refractivity contribution in [2.75, 3.05) is 0 Å². The number of hydrogen-bond acceptors (Lipinski definition) is 3. The Hall–Kier alpha value is -0.900. The van der Waals surface area contributed by atoms with E-state index in [0.717, 1.165) is 11.6 Å². The summed E-state index contributed by atoms with van der Waals surface area (Å²) in [5.74, 6) is 0. The van der Waals surface area contributed by atoms with Crippen molar-refractivity contribution >= 4 is 22.9 Å². The number of aromatic nitrogens is 1. The average molecular weight is 253 g/mol. The highest BCUT2D eigenvalue weighted by molar-refractivity contribution is 7.10. The Labute approximate surface area is 104 Å². The number of hydrogen-bond donors (Lipinski definition) is 1. The van der Waals surface area contributed by atoms with Gasteiger partial charge in [-0.3, -0.25) is 4.98 Å². The molecule has 0 aliphatic heterocycles. The van der Waals surface area contributed by atoms with Gasteiger partial charge in [-0.15, -0.1) is 11.3 Å². The number of nitrogens with one attached hydrogen (secondary N) is 1. The first-order chi connectivity index (χ1) is 7.75. The maximum atomic E-state index is 5.87. The van der Waals surface area contributed by atoms with Gasteiger partial charge in [-0.2, -0.15) is 0 Å². The molecular weight excluding hydrogens is 240 g/mol. The van der Waals surface area contributed by atoms with E-state index in [2.05, 4.69) is 23.3 Å². The normalized spacial score (nSPS) is 12.6. The summed E-state index contributed by atoms with van der Waals surface area (Å²) in [7, 11) is 0. The Morgan fingerprint density at radius 1 is 1.56 bits per heavy atom. The lowest BCUT2D eigenvalue weighted by atomic mass is 10.1. The first-order valence-corrected chi connectivity index (χ1v) is 6.37. The molecule has 1 N–H and O–H groups in total. The Morgan fingerprint density at radius 3 is 3.06 bits per heavy atom. The van der Waals surface area contributed by atoms with E-state index in [4.69, 9.17) is 11.6 Å². The van der Waals surface area contributed by atoms with Crippen LogP contribution in [0.4, 0.5) is 0 Å². The minimum Gasteiger partial charge on any atom is -0.305 e. The Morgan fingerprint density at radius 2 is 2.44 bits per heavy atom. The molecule has 2 aromatic heterocycles. The summed E-state index contributed by atoms with van der Waals surface area (Å²) in [6.07, 6.45) is 3.67. The van der Waals surface area contributed by atoms with E-state index in [1.165, 1.54) is 10.4 Å². The van der Waals surface area contributed by atoms with Crippen LogP contribution in [0.15, 0.2) is 36.0 Å². The molecule has 0 bridgehead atoms. The lowest BCUT2D eigenvalue weighted by Crippen LogP contribution is -2.17. The summed E-state index contributed by atoms with van der Waals surface area (Å²) in [5.41, 5.74) is 1.20. The second kappa shape index (κ2) is 5.43. The fraction of sp³-hybridized carbons (Fsp3) is 0.250. The van der Waals surface area contributed by atoms with Crippen LogP contribution in [0.2, 0.25) is 5.02 Å². The highest BCUT2D eigenvalue weighted by Gasteiger charge is 2.05. The van der Waals surface area contributed by atoms with E-state index in [1.807, 2.05) is 23.7 Å². The van der Waals surface area contributed by atoms with Crippen LogP contribution in [-0.2, 0) is 6.54 Å². The predicted octanol–water partition coefficient (Wildman–Crippen LogP) is 3.65. The Kier molecular flexibility index (Phi) is 3.93. The fourth-order valence-corrected chi connectivity index (χ4v) is 2.47. The van der Waals surface area contributed by atoms with Crippen molar-refractivity contribution in [2.24, 2.45) is 0 Å². The topological polar surface area (TPSA) is 24.9 Å². The van der Waals surface area contributed by atoms with E-state index >= 15 is 0 Å². The van der Waals surface area contributed by atoms with Crippen LogP contribution in [0, 0.1) is 0 Å². The van der Waals surface area contributed by atoms with E-state index in [0.29, 0.717) is 6.04 Å². The lowest BCUT2D eigenvalue weighted by molar-refractivity contribution is 0.577. The van der Waals surface area contributed by atoms with E-state index in [-0.39, 0.29) is 0 Å². The average Bonchev–Trinajstić information content (AvgIpc) is 2.73. The van der Waals surface area contributed by atoms with E-state index < -0.39 is 0 Å². The maximum absolute atomic E-state index is 5.87. The fourth-order valence-electron chi connectivity index (χ4n) is 1.45. The van der Waals surface area contributed by atoms with Crippen molar-refractivity contribution in [1.82, 2.24) is 10.3 Å². The van der Waals surface area contributed by atoms with Gasteiger partial charge in [0.1, 0.15) is 0 Å². The molecule has 0 aliphatic rings. The molecule has 0 fully saturated rings. The van der Waals surface area contributed by atoms with Crippen LogP contribution in [0.3, 0.4) is 0 Å². The molecule has 0 aliphatic carbocycles. The molecule has 84 valence electrons.